The second-order valence-corrected chi connectivity index (χ2v) is 6.48. The minimum atomic E-state index is -0.258. The molecule has 2 unspecified atom stereocenters. The number of aryl methyl sites for hydroxylation is 1. The van der Waals surface area contributed by atoms with Gasteiger partial charge in [-0.25, -0.2) is 4.39 Å². The molecule has 2 N–H and O–H groups in total. The molecule has 0 radical (unpaired) electrons. The summed E-state index contributed by atoms with van der Waals surface area (Å²) in [5.74, 6) is 0.495. The van der Waals surface area contributed by atoms with E-state index in [0.717, 1.165) is 25.7 Å². The van der Waals surface area contributed by atoms with Crippen LogP contribution in [0, 0.1) is 12.7 Å². The van der Waals surface area contributed by atoms with Crippen molar-refractivity contribution in [2.24, 2.45) is 0 Å². The fraction of sp³-hybridized carbons (Fsp3) is 0.647. The van der Waals surface area contributed by atoms with Gasteiger partial charge in [-0.3, -0.25) is 0 Å². The smallest absolute Gasteiger partial charge is 0.126 e. The Morgan fingerprint density at radius 3 is 2.86 bits per heavy atom. The Morgan fingerprint density at radius 2 is 2.24 bits per heavy atom. The zero-order chi connectivity index (χ0) is 15.5. The molecule has 1 aliphatic rings. The van der Waals surface area contributed by atoms with Gasteiger partial charge < -0.3 is 15.2 Å². The molecule has 0 spiro atoms. The first-order valence-corrected chi connectivity index (χ1v) is 7.75. The second kappa shape index (κ2) is 6.75. The van der Waals surface area contributed by atoms with E-state index in [9.17, 15) is 9.50 Å². The van der Waals surface area contributed by atoms with Gasteiger partial charge in [0.05, 0.1) is 6.61 Å². The lowest BCUT2D eigenvalue weighted by atomic mass is 9.80. The lowest BCUT2D eigenvalue weighted by Gasteiger charge is -2.41. The number of aliphatic hydroxyl groups is 1. The molecule has 1 saturated carbocycles. The summed E-state index contributed by atoms with van der Waals surface area (Å²) in [5.41, 5.74) is 0.337. The zero-order valence-electron chi connectivity index (χ0n) is 13.2. The van der Waals surface area contributed by atoms with Crippen molar-refractivity contribution in [3.63, 3.8) is 0 Å². The average Bonchev–Trinajstić information content (AvgIpc) is 2.42. The Balaban J connectivity index is 2.04. The fourth-order valence-electron chi connectivity index (χ4n) is 3.22. The minimum absolute atomic E-state index is 0.0574. The summed E-state index contributed by atoms with van der Waals surface area (Å²) in [6, 6.07) is 5.18. The third-order valence-corrected chi connectivity index (χ3v) is 4.13. The van der Waals surface area contributed by atoms with Crippen LogP contribution in [-0.2, 0) is 0 Å². The Morgan fingerprint density at radius 1 is 1.48 bits per heavy atom. The highest BCUT2D eigenvalue weighted by atomic mass is 19.1. The second-order valence-electron chi connectivity index (χ2n) is 6.48. The van der Waals surface area contributed by atoms with Gasteiger partial charge in [-0.15, -0.1) is 0 Å². The molecule has 21 heavy (non-hydrogen) atoms. The van der Waals surface area contributed by atoms with Gasteiger partial charge in [0, 0.05) is 18.0 Å². The molecule has 0 heterocycles. The molecule has 118 valence electrons. The highest BCUT2D eigenvalue weighted by molar-refractivity contribution is 5.29. The number of halogens is 1. The molecule has 0 amide bonds. The SMILES string of the molecule is Cc1cc(OC2CCCC(CO)(NC(C)C)C2)ccc1F. The van der Waals surface area contributed by atoms with Gasteiger partial charge in [0.25, 0.3) is 0 Å². The highest BCUT2D eigenvalue weighted by Gasteiger charge is 2.37. The third-order valence-electron chi connectivity index (χ3n) is 4.13. The fourth-order valence-corrected chi connectivity index (χ4v) is 3.22. The number of rotatable bonds is 5. The summed E-state index contributed by atoms with van der Waals surface area (Å²) >= 11 is 0. The standard InChI is InChI=1S/C17H26FNO2/c1-12(2)19-17(11-20)8-4-5-15(10-17)21-14-6-7-16(18)13(3)9-14/h6-7,9,12,15,19-20H,4-5,8,10-11H2,1-3H3. The molecule has 3 nitrogen and oxygen atoms in total. The number of ether oxygens (including phenoxy) is 1. The molecule has 2 rings (SSSR count). The number of hydrogen-bond donors (Lipinski definition) is 2. The van der Waals surface area contributed by atoms with Crippen molar-refractivity contribution in [3.05, 3.63) is 29.6 Å². The van der Waals surface area contributed by atoms with E-state index < -0.39 is 0 Å². The Labute approximate surface area is 126 Å². The molecule has 0 bridgehead atoms. The van der Waals surface area contributed by atoms with Crippen molar-refractivity contribution in [1.29, 1.82) is 0 Å². The lowest BCUT2D eigenvalue weighted by molar-refractivity contribution is 0.0461. The molecule has 0 aromatic heterocycles. The van der Waals surface area contributed by atoms with Gasteiger partial charge in [0.15, 0.2) is 0 Å². The molecule has 1 aromatic carbocycles. The monoisotopic (exact) mass is 295 g/mol. The first kappa shape index (κ1) is 16.2. The van der Waals surface area contributed by atoms with Crippen LogP contribution in [0.4, 0.5) is 4.39 Å². The summed E-state index contributed by atoms with van der Waals surface area (Å²) in [5, 5.41) is 13.3. The van der Waals surface area contributed by atoms with Crippen LogP contribution in [0.3, 0.4) is 0 Å². The maximum atomic E-state index is 13.3. The molecule has 1 aromatic rings. The van der Waals surface area contributed by atoms with Gasteiger partial charge in [-0.1, -0.05) is 13.8 Å². The van der Waals surface area contributed by atoms with Gasteiger partial charge in [0.1, 0.15) is 17.7 Å². The van der Waals surface area contributed by atoms with E-state index in [-0.39, 0.29) is 24.1 Å². The largest absolute Gasteiger partial charge is 0.490 e. The van der Waals surface area contributed by atoms with Crippen LogP contribution in [-0.4, -0.2) is 29.4 Å². The van der Waals surface area contributed by atoms with Crippen LogP contribution in [0.25, 0.3) is 0 Å². The first-order valence-electron chi connectivity index (χ1n) is 7.75. The molecule has 1 aliphatic carbocycles. The summed E-state index contributed by atoms with van der Waals surface area (Å²) in [7, 11) is 0. The molecule has 2 atom stereocenters. The normalized spacial score (nSPS) is 26.1. The van der Waals surface area contributed by atoms with Crippen molar-refractivity contribution in [3.8, 4) is 5.75 Å². The van der Waals surface area contributed by atoms with Crippen molar-refractivity contribution < 1.29 is 14.2 Å². The van der Waals surface area contributed by atoms with Crippen LogP contribution < -0.4 is 10.1 Å². The van der Waals surface area contributed by atoms with Crippen LogP contribution >= 0.6 is 0 Å². The van der Waals surface area contributed by atoms with Crippen LogP contribution in [0.5, 0.6) is 5.75 Å². The molecular weight excluding hydrogens is 269 g/mol. The van der Waals surface area contributed by atoms with Crippen LogP contribution in [0.15, 0.2) is 18.2 Å². The van der Waals surface area contributed by atoms with E-state index in [1.807, 2.05) is 0 Å². The van der Waals surface area contributed by atoms with Crippen molar-refractivity contribution in [2.75, 3.05) is 6.61 Å². The molecule has 1 fully saturated rings. The number of benzene rings is 1. The minimum Gasteiger partial charge on any atom is -0.490 e. The predicted octanol–water partition coefficient (Wildman–Crippen LogP) is 3.18. The summed E-state index contributed by atoms with van der Waals surface area (Å²) < 4.78 is 19.3. The first-order chi connectivity index (χ1) is 9.94. The average molecular weight is 295 g/mol. The maximum Gasteiger partial charge on any atom is 0.126 e. The Bertz CT molecular complexity index is 478. The Kier molecular flexibility index (Phi) is 5.22. The van der Waals surface area contributed by atoms with Gasteiger partial charge in [-0.05, 0) is 49.9 Å². The van der Waals surface area contributed by atoms with E-state index in [1.165, 1.54) is 6.07 Å². The number of nitrogens with one attached hydrogen (secondary N) is 1. The molecule has 0 aliphatic heterocycles. The third kappa shape index (κ3) is 4.17. The topological polar surface area (TPSA) is 41.5 Å². The van der Waals surface area contributed by atoms with E-state index in [1.54, 1.807) is 19.1 Å². The van der Waals surface area contributed by atoms with E-state index >= 15 is 0 Å². The number of aliphatic hydroxyl groups excluding tert-OH is 1. The van der Waals surface area contributed by atoms with Crippen molar-refractivity contribution in [2.45, 2.75) is 64.1 Å². The van der Waals surface area contributed by atoms with E-state index in [2.05, 4.69) is 19.2 Å². The van der Waals surface area contributed by atoms with Crippen LogP contribution in [0.2, 0.25) is 0 Å². The lowest BCUT2D eigenvalue weighted by Crippen LogP contribution is -2.55. The quantitative estimate of drug-likeness (QED) is 0.876. The van der Waals surface area contributed by atoms with Crippen molar-refractivity contribution >= 4 is 0 Å². The van der Waals surface area contributed by atoms with Gasteiger partial charge in [-0.2, -0.15) is 0 Å². The van der Waals surface area contributed by atoms with Crippen molar-refractivity contribution in [1.82, 2.24) is 5.32 Å². The molecular formula is C17H26FNO2. The summed E-state index contributed by atoms with van der Waals surface area (Å²) in [6.07, 6.45) is 3.78. The highest BCUT2D eigenvalue weighted by Crippen LogP contribution is 2.31. The Hall–Kier alpha value is -1.13. The van der Waals surface area contributed by atoms with Gasteiger partial charge >= 0.3 is 0 Å². The van der Waals surface area contributed by atoms with Crippen LogP contribution in [0.1, 0.15) is 45.1 Å². The predicted molar refractivity (Wildman–Crippen MR) is 82.1 cm³/mol. The summed E-state index contributed by atoms with van der Waals surface area (Å²) in [4.78, 5) is 0. The van der Waals surface area contributed by atoms with Gasteiger partial charge in [0.2, 0.25) is 0 Å². The molecule has 4 heteroatoms. The summed E-state index contributed by atoms with van der Waals surface area (Å²) in [6.45, 7) is 6.03. The van der Waals surface area contributed by atoms with E-state index in [0.29, 0.717) is 17.4 Å². The van der Waals surface area contributed by atoms with E-state index in [4.69, 9.17) is 4.74 Å². The number of hydrogen-bond acceptors (Lipinski definition) is 3. The maximum absolute atomic E-state index is 13.3. The zero-order valence-corrected chi connectivity index (χ0v) is 13.2. The molecule has 0 saturated heterocycles.